The number of esters is 5. The van der Waals surface area contributed by atoms with Gasteiger partial charge in [-0.05, 0) is 68.7 Å². The molecule has 57 heavy (non-hydrogen) atoms. The molecule has 12 atom stereocenters. The lowest BCUT2D eigenvalue weighted by Crippen LogP contribution is -2.66. The number of rotatable bonds is 9. The number of hydrogen-bond acceptors (Lipinski definition) is 14. The number of benzene rings is 1. The molecule has 3 aromatic rings. The minimum atomic E-state index is -1.96. The normalized spacial score (nSPS) is 34.7. The number of fused-ring (bicyclic) bond motifs is 1. The Morgan fingerprint density at radius 2 is 1.39 bits per heavy atom. The average molecular weight is 781 g/mol. The molecule has 1 N–H and O–H groups in total. The fraction of sp³-hybridized carbons (Fsp3) is 0.419. The molecule has 2 bridgehead atoms. The Hall–Kier alpha value is -5.73. The first-order valence-corrected chi connectivity index (χ1v) is 18.7. The monoisotopic (exact) mass is 780 g/mol. The topological polar surface area (TPSA) is 187 Å². The fourth-order valence-electron chi connectivity index (χ4n) is 10.0. The van der Waals surface area contributed by atoms with E-state index in [0.717, 1.165) is 0 Å². The van der Waals surface area contributed by atoms with Crippen molar-refractivity contribution in [3.05, 3.63) is 120 Å². The number of ether oxygens (including phenoxy) is 6. The van der Waals surface area contributed by atoms with Gasteiger partial charge in [-0.3, -0.25) is 19.6 Å². The van der Waals surface area contributed by atoms with Crippen LogP contribution in [0.3, 0.4) is 0 Å². The van der Waals surface area contributed by atoms with Crippen LogP contribution in [0.15, 0.2) is 104 Å². The van der Waals surface area contributed by atoms with E-state index in [2.05, 4.69) is 16.5 Å². The standard InChI is InChI=1S/C43H44N2O12/c1-23(2)30-16-17-31(53-36(48)27-12-8-7-9-13-27)43-34(30)41(6,57-40(43)51)39(55-38(50)29-15-11-19-45-22-29)42(56-26(5)47)20-24(3)33(32(42)35(43)52-25(4)46)54-37(49)28-14-10-18-44-21-28/h7-19,21-22,24,30-35,39-40,51H,1,20H2,2-6H3. The molecule has 1 aliphatic heterocycles. The number of aromatic nitrogens is 2. The fourth-order valence-corrected chi connectivity index (χ4v) is 10.0. The van der Waals surface area contributed by atoms with Gasteiger partial charge in [0.15, 0.2) is 18.0 Å². The van der Waals surface area contributed by atoms with Crippen molar-refractivity contribution < 1.29 is 57.5 Å². The summed E-state index contributed by atoms with van der Waals surface area (Å²) in [5, 5.41) is 12.6. The molecule has 4 aliphatic rings. The molecule has 7 rings (SSSR count). The SMILES string of the molecule is C=C(C)C1C=CC(OC(=O)c2ccccc2)C23C(O)OC(C)(C(OC(=O)c4cccnc4)C4(OC(C)=O)CC(C)C(OC(=O)c5cccnc5)C4C2OC(C)=O)C13. The molecule has 1 saturated heterocycles. The van der Waals surface area contributed by atoms with Gasteiger partial charge >= 0.3 is 29.8 Å². The Morgan fingerprint density at radius 1 is 0.789 bits per heavy atom. The van der Waals surface area contributed by atoms with Crippen LogP contribution in [-0.4, -0.2) is 86.8 Å². The number of carbonyl (C=O) groups excluding carboxylic acids is 5. The first kappa shape index (κ1) is 39.5. The van der Waals surface area contributed by atoms with E-state index < -0.39 is 101 Å². The zero-order chi connectivity index (χ0) is 40.9. The third-order valence-corrected chi connectivity index (χ3v) is 11.9. The molecule has 0 spiro atoms. The van der Waals surface area contributed by atoms with Crippen molar-refractivity contribution in [3.63, 3.8) is 0 Å². The van der Waals surface area contributed by atoms with Crippen LogP contribution in [0.5, 0.6) is 0 Å². The third-order valence-electron chi connectivity index (χ3n) is 11.9. The molecule has 14 nitrogen and oxygen atoms in total. The molecule has 2 saturated carbocycles. The molecule has 1 aromatic carbocycles. The van der Waals surface area contributed by atoms with Crippen molar-refractivity contribution in [1.82, 2.24) is 9.97 Å². The van der Waals surface area contributed by atoms with Crippen LogP contribution < -0.4 is 0 Å². The van der Waals surface area contributed by atoms with Gasteiger partial charge in [-0.25, -0.2) is 14.4 Å². The number of hydrogen-bond donors (Lipinski definition) is 1. The van der Waals surface area contributed by atoms with Crippen LogP contribution in [0.2, 0.25) is 0 Å². The van der Waals surface area contributed by atoms with E-state index in [-0.39, 0.29) is 23.1 Å². The Bertz CT molecular complexity index is 2100. The summed E-state index contributed by atoms with van der Waals surface area (Å²) in [6, 6.07) is 14.3. The molecule has 12 unspecified atom stereocenters. The maximum Gasteiger partial charge on any atom is 0.340 e. The minimum absolute atomic E-state index is 0.0569. The summed E-state index contributed by atoms with van der Waals surface area (Å²) in [7, 11) is 0. The number of pyridine rings is 2. The number of carbonyl (C=O) groups is 5. The molecule has 3 heterocycles. The highest BCUT2D eigenvalue weighted by Gasteiger charge is 2.84. The maximum atomic E-state index is 14.3. The highest BCUT2D eigenvalue weighted by molar-refractivity contribution is 5.90. The third kappa shape index (κ3) is 6.50. The first-order valence-electron chi connectivity index (χ1n) is 18.7. The predicted molar refractivity (Wildman–Crippen MR) is 199 cm³/mol. The summed E-state index contributed by atoms with van der Waals surface area (Å²) in [5.41, 5.74) is -4.76. The highest BCUT2D eigenvalue weighted by Crippen LogP contribution is 2.70. The van der Waals surface area contributed by atoms with Crippen LogP contribution in [0.25, 0.3) is 0 Å². The number of aliphatic hydroxyl groups is 1. The van der Waals surface area contributed by atoms with Crippen molar-refractivity contribution in [2.45, 2.75) is 82.9 Å². The van der Waals surface area contributed by atoms with E-state index in [9.17, 15) is 29.1 Å². The molecular weight excluding hydrogens is 736 g/mol. The predicted octanol–water partition coefficient (Wildman–Crippen LogP) is 4.83. The van der Waals surface area contributed by atoms with Crippen LogP contribution in [-0.2, 0) is 38.0 Å². The zero-order valence-corrected chi connectivity index (χ0v) is 32.1. The van der Waals surface area contributed by atoms with Gasteiger partial charge in [0.1, 0.15) is 29.3 Å². The summed E-state index contributed by atoms with van der Waals surface area (Å²) in [4.78, 5) is 77.3. The van der Waals surface area contributed by atoms with Crippen molar-refractivity contribution in [2.75, 3.05) is 0 Å². The molecule has 0 radical (unpaired) electrons. The van der Waals surface area contributed by atoms with Gasteiger partial charge in [0.05, 0.1) is 22.6 Å². The Kier molecular flexibility index (Phi) is 10.4. The van der Waals surface area contributed by atoms with E-state index in [4.69, 9.17) is 28.4 Å². The van der Waals surface area contributed by atoms with Crippen molar-refractivity contribution in [1.29, 1.82) is 0 Å². The average Bonchev–Trinajstić information content (AvgIpc) is 3.57. The maximum absolute atomic E-state index is 14.3. The van der Waals surface area contributed by atoms with Crippen LogP contribution >= 0.6 is 0 Å². The van der Waals surface area contributed by atoms with E-state index in [1.165, 1.54) is 50.8 Å². The van der Waals surface area contributed by atoms with Gasteiger partial charge in [0.2, 0.25) is 0 Å². The second-order valence-electron chi connectivity index (χ2n) is 15.5. The summed E-state index contributed by atoms with van der Waals surface area (Å²) in [6.45, 7) is 11.7. The van der Waals surface area contributed by atoms with Crippen LogP contribution in [0, 0.1) is 29.1 Å². The summed E-state index contributed by atoms with van der Waals surface area (Å²) in [6.07, 6.45) is 1.18. The quantitative estimate of drug-likeness (QED) is 0.177. The van der Waals surface area contributed by atoms with Crippen molar-refractivity contribution >= 4 is 29.8 Å². The minimum Gasteiger partial charge on any atom is -0.461 e. The summed E-state index contributed by atoms with van der Waals surface area (Å²) >= 11 is 0. The lowest BCUT2D eigenvalue weighted by atomic mass is 9.54. The Balaban J connectivity index is 1.53. The van der Waals surface area contributed by atoms with Crippen LogP contribution in [0.4, 0.5) is 0 Å². The molecule has 2 aromatic heterocycles. The Morgan fingerprint density at radius 3 is 1.95 bits per heavy atom. The van der Waals surface area contributed by atoms with Crippen molar-refractivity contribution in [3.8, 4) is 0 Å². The number of allylic oxidation sites excluding steroid dienone is 2. The number of nitrogens with zero attached hydrogens (tertiary/aromatic N) is 2. The first-order chi connectivity index (χ1) is 27.1. The molecule has 0 amide bonds. The van der Waals surface area contributed by atoms with Gasteiger partial charge < -0.3 is 33.5 Å². The van der Waals surface area contributed by atoms with Gasteiger partial charge in [-0.1, -0.05) is 43.4 Å². The summed E-state index contributed by atoms with van der Waals surface area (Å²) < 4.78 is 38.6. The van der Waals surface area contributed by atoms with Gasteiger partial charge in [-0.2, -0.15) is 0 Å². The second kappa shape index (κ2) is 15.0. The molecule has 298 valence electrons. The lowest BCUT2D eigenvalue weighted by molar-refractivity contribution is -0.281. The van der Waals surface area contributed by atoms with E-state index in [0.29, 0.717) is 5.57 Å². The van der Waals surface area contributed by atoms with Crippen LogP contribution in [0.1, 0.15) is 72.1 Å². The Labute approximate surface area is 329 Å². The van der Waals surface area contributed by atoms with Gasteiger partial charge in [-0.15, -0.1) is 0 Å². The largest absolute Gasteiger partial charge is 0.461 e. The lowest BCUT2D eigenvalue weighted by Gasteiger charge is -2.52. The second-order valence-corrected chi connectivity index (χ2v) is 15.5. The zero-order valence-electron chi connectivity index (χ0n) is 32.1. The van der Waals surface area contributed by atoms with E-state index in [1.54, 1.807) is 75.4 Å². The highest BCUT2D eigenvalue weighted by atomic mass is 16.7. The van der Waals surface area contributed by atoms with Crippen molar-refractivity contribution in [2.24, 2.45) is 29.1 Å². The smallest absolute Gasteiger partial charge is 0.340 e. The molecule has 14 heteroatoms. The number of aliphatic hydroxyl groups excluding tert-OH is 1. The summed E-state index contributed by atoms with van der Waals surface area (Å²) in [5.74, 6) is -7.81. The van der Waals surface area contributed by atoms with Gasteiger partial charge in [0, 0.05) is 50.5 Å². The van der Waals surface area contributed by atoms with E-state index >= 15 is 0 Å². The van der Waals surface area contributed by atoms with Gasteiger partial charge in [0.25, 0.3) is 0 Å². The molecular formula is C43H44N2O12. The molecule has 3 aliphatic carbocycles. The molecule has 3 fully saturated rings. The van der Waals surface area contributed by atoms with E-state index in [1.807, 2.05) is 0 Å².